The number of ether oxygens (including phenoxy) is 1. The standard InChI is InChI=1S/C14H12FNO3/c1-2-19-14(17)11-6-3-5-10(9-11)13-12(15)7-4-8-16(13)18/h3-9H,2H2,1H3. The van der Waals surface area contributed by atoms with E-state index in [1.165, 1.54) is 24.4 Å². The Bertz CT molecular complexity index is 593. The number of carbonyl (C=O) groups is 1. The van der Waals surface area contributed by atoms with Crippen LogP contribution in [0.1, 0.15) is 17.3 Å². The molecule has 19 heavy (non-hydrogen) atoms. The van der Waals surface area contributed by atoms with Crippen LogP contribution in [-0.2, 0) is 4.74 Å². The van der Waals surface area contributed by atoms with Crippen molar-refractivity contribution in [3.8, 4) is 11.3 Å². The second-order valence-electron chi connectivity index (χ2n) is 3.83. The second-order valence-corrected chi connectivity index (χ2v) is 3.83. The molecule has 0 fully saturated rings. The molecule has 2 rings (SSSR count). The lowest BCUT2D eigenvalue weighted by Crippen LogP contribution is -2.29. The van der Waals surface area contributed by atoms with Gasteiger partial charge in [-0.2, -0.15) is 9.12 Å². The molecule has 0 aliphatic rings. The molecule has 0 aliphatic heterocycles. The molecule has 0 amide bonds. The number of nitrogens with zero attached hydrogens (tertiary/aromatic N) is 1. The van der Waals surface area contributed by atoms with E-state index in [9.17, 15) is 14.4 Å². The topological polar surface area (TPSA) is 53.2 Å². The van der Waals surface area contributed by atoms with Crippen LogP contribution in [0.25, 0.3) is 11.3 Å². The van der Waals surface area contributed by atoms with Crippen LogP contribution < -0.4 is 4.73 Å². The first-order valence-electron chi connectivity index (χ1n) is 5.78. The summed E-state index contributed by atoms with van der Waals surface area (Å²) in [7, 11) is 0. The minimum atomic E-state index is -0.640. The van der Waals surface area contributed by atoms with Crippen molar-refractivity contribution >= 4 is 5.97 Å². The van der Waals surface area contributed by atoms with Crippen molar-refractivity contribution in [2.45, 2.75) is 6.92 Å². The minimum absolute atomic E-state index is 0.117. The monoisotopic (exact) mass is 261 g/mol. The Kier molecular flexibility index (Phi) is 3.75. The van der Waals surface area contributed by atoms with E-state index in [4.69, 9.17) is 4.74 Å². The number of halogens is 1. The molecule has 0 aliphatic carbocycles. The summed E-state index contributed by atoms with van der Waals surface area (Å²) in [6.45, 7) is 1.95. The van der Waals surface area contributed by atoms with Gasteiger partial charge < -0.3 is 9.94 Å². The van der Waals surface area contributed by atoms with Crippen molar-refractivity contribution in [2.75, 3.05) is 6.61 Å². The van der Waals surface area contributed by atoms with Gasteiger partial charge in [0.1, 0.15) is 0 Å². The van der Waals surface area contributed by atoms with Crippen LogP contribution in [0.3, 0.4) is 0 Å². The average Bonchev–Trinajstić information content (AvgIpc) is 2.39. The van der Waals surface area contributed by atoms with Crippen LogP contribution in [0, 0.1) is 11.0 Å². The molecule has 1 aromatic carbocycles. The van der Waals surface area contributed by atoms with Crippen molar-refractivity contribution < 1.29 is 18.7 Å². The Morgan fingerprint density at radius 3 is 2.84 bits per heavy atom. The molecule has 0 spiro atoms. The van der Waals surface area contributed by atoms with E-state index in [1.807, 2.05) is 0 Å². The lowest BCUT2D eigenvalue weighted by atomic mass is 10.1. The van der Waals surface area contributed by atoms with Gasteiger partial charge >= 0.3 is 5.97 Å². The van der Waals surface area contributed by atoms with Crippen LogP contribution >= 0.6 is 0 Å². The molecule has 0 atom stereocenters. The maximum absolute atomic E-state index is 13.7. The summed E-state index contributed by atoms with van der Waals surface area (Å²) in [6.07, 6.45) is 1.20. The first kappa shape index (κ1) is 13.0. The molecule has 0 saturated heterocycles. The Morgan fingerprint density at radius 2 is 2.16 bits per heavy atom. The number of aromatic nitrogens is 1. The zero-order valence-electron chi connectivity index (χ0n) is 10.3. The van der Waals surface area contributed by atoms with Crippen molar-refractivity contribution in [2.24, 2.45) is 0 Å². The molecule has 0 bridgehead atoms. The van der Waals surface area contributed by atoms with Crippen molar-refractivity contribution in [1.82, 2.24) is 0 Å². The summed E-state index contributed by atoms with van der Waals surface area (Å²) in [5, 5.41) is 11.6. The van der Waals surface area contributed by atoms with E-state index in [0.29, 0.717) is 10.3 Å². The molecule has 0 N–H and O–H groups in total. The zero-order valence-corrected chi connectivity index (χ0v) is 10.3. The number of hydrogen-bond donors (Lipinski definition) is 0. The largest absolute Gasteiger partial charge is 0.618 e. The van der Waals surface area contributed by atoms with E-state index < -0.39 is 11.8 Å². The normalized spacial score (nSPS) is 10.2. The van der Waals surface area contributed by atoms with Crippen molar-refractivity contribution in [3.63, 3.8) is 0 Å². The summed E-state index contributed by atoms with van der Waals surface area (Å²) in [5.74, 6) is -1.14. The lowest BCUT2D eigenvalue weighted by Gasteiger charge is -2.07. The summed E-state index contributed by atoms with van der Waals surface area (Å²) < 4.78 is 19.0. The highest BCUT2D eigenvalue weighted by Gasteiger charge is 2.17. The summed E-state index contributed by atoms with van der Waals surface area (Å²) >= 11 is 0. The van der Waals surface area contributed by atoms with Crippen LogP contribution in [0.5, 0.6) is 0 Å². The molecule has 2 aromatic rings. The summed E-state index contributed by atoms with van der Waals surface area (Å²) in [4.78, 5) is 11.6. The number of carbonyl (C=O) groups excluding carboxylic acids is 1. The van der Waals surface area contributed by atoms with Crippen molar-refractivity contribution in [3.05, 3.63) is 59.2 Å². The number of rotatable bonds is 3. The molecular formula is C14H12FNO3. The molecule has 1 aromatic heterocycles. The summed E-state index contributed by atoms with van der Waals surface area (Å²) in [6, 6.07) is 8.65. The third-order valence-electron chi connectivity index (χ3n) is 2.56. The van der Waals surface area contributed by atoms with Crippen LogP contribution in [0.15, 0.2) is 42.6 Å². The molecule has 0 radical (unpaired) electrons. The van der Waals surface area contributed by atoms with E-state index in [2.05, 4.69) is 0 Å². The fraction of sp³-hybridized carbons (Fsp3) is 0.143. The Labute approximate surface area is 109 Å². The third kappa shape index (κ3) is 2.70. The molecule has 5 heteroatoms. The Hall–Kier alpha value is -2.43. The second kappa shape index (κ2) is 5.48. The smallest absolute Gasteiger partial charge is 0.338 e. The molecule has 0 saturated carbocycles. The van der Waals surface area contributed by atoms with Gasteiger partial charge in [0.25, 0.3) is 5.69 Å². The number of benzene rings is 1. The van der Waals surface area contributed by atoms with Gasteiger partial charge in [-0.05, 0) is 31.2 Å². The number of esters is 1. The van der Waals surface area contributed by atoms with Gasteiger partial charge in [0, 0.05) is 6.07 Å². The van der Waals surface area contributed by atoms with Crippen LogP contribution in [0.2, 0.25) is 0 Å². The van der Waals surface area contributed by atoms with E-state index in [0.717, 1.165) is 0 Å². The number of pyridine rings is 1. The lowest BCUT2D eigenvalue weighted by molar-refractivity contribution is -0.595. The predicted molar refractivity (Wildman–Crippen MR) is 66.8 cm³/mol. The molecular weight excluding hydrogens is 249 g/mol. The first-order valence-corrected chi connectivity index (χ1v) is 5.78. The van der Waals surface area contributed by atoms with Gasteiger partial charge in [-0.25, -0.2) is 4.79 Å². The Balaban J connectivity index is 2.47. The van der Waals surface area contributed by atoms with Gasteiger partial charge in [-0.1, -0.05) is 6.07 Å². The fourth-order valence-corrected chi connectivity index (χ4v) is 1.74. The number of hydrogen-bond acceptors (Lipinski definition) is 3. The van der Waals surface area contributed by atoms with Crippen LogP contribution in [-0.4, -0.2) is 12.6 Å². The molecule has 1 heterocycles. The highest BCUT2D eigenvalue weighted by atomic mass is 19.1. The molecule has 0 unspecified atom stereocenters. The first-order chi connectivity index (χ1) is 9.13. The van der Waals surface area contributed by atoms with Crippen LogP contribution in [0.4, 0.5) is 4.39 Å². The Morgan fingerprint density at radius 1 is 1.37 bits per heavy atom. The maximum atomic E-state index is 13.7. The predicted octanol–water partition coefficient (Wildman–Crippen LogP) is 2.30. The SMILES string of the molecule is CCOC(=O)c1cccc(-c2c(F)ccc[n+]2[O-])c1. The van der Waals surface area contributed by atoms with E-state index >= 15 is 0 Å². The van der Waals surface area contributed by atoms with E-state index in [-0.39, 0.29) is 17.9 Å². The van der Waals surface area contributed by atoms with E-state index in [1.54, 1.807) is 25.1 Å². The van der Waals surface area contributed by atoms with Crippen molar-refractivity contribution in [1.29, 1.82) is 0 Å². The van der Waals surface area contributed by atoms with Gasteiger partial charge in [0.05, 0.1) is 17.7 Å². The zero-order chi connectivity index (χ0) is 13.8. The molecule has 4 nitrogen and oxygen atoms in total. The highest BCUT2D eigenvalue weighted by Crippen LogP contribution is 2.20. The average molecular weight is 261 g/mol. The highest BCUT2D eigenvalue weighted by molar-refractivity contribution is 5.90. The van der Waals surface area contributed by atoms with Gasteiger partial charge in [0.2, 0.25) is 0 Å². The third-order valence-corrected chi connectivity index (χ3v) is 2.56. The fourth-order valence-electron chi connectivity index (χ4n) is 1.74. The van der Waals surface area contributed by atoms with Gasteiger partial charge in [-0.3, -0.25) is 0 Å². The van der Waals surface area contributed by atoms with Gasteiger partial charge in [-0.15, -0.1) is 0 Å². The minimum Gasteiger partial charge on any atom is -0.618 e. The molecule has 98 valence electrons. The van der Waals surface area contributed by atoms with Gasteiger partial charge in [0.15, 0.2) is 12.0 Å². The summed E-state index contributed by atoms with van der Waals surface area (Å²) in [5.41, 5.74) is 0.495. The maximum Gasteiger partial charge on any atom is 0.338 e. The quantitative estimate of drug-likeness (QED) is 0.484.